The highest BCUT2D eigenvalue weighted by Crippen LogP contribution is 2.38. The molecule has 0 aliphatic carbocycles. The molecule has 1 aliphatic heterocycles. The smallest absolute Gasteiger partial charge is 0.385 e. The molecule has 0 atom stereocenters. The van der Waals surface area contributed by atoms with Crippen LogP contribution < -0.4 is 10.2 Å². The van der Waals surface area contributed by atoms with Crippen molar-refractivity contribution in [3.63, 3.8) is 0 Å². The van der Waals surface area contributed by atoms with Crippen molar-refractivity contribution in [2.75, 3.05) is 51.3 Å². The van der Waals surface area contributed by atoms with Crippen LogP contribution in [0.3, 0.4) is 0 Å². The Labute approximate surface area is 149 Å². The predicted octanol–water partition coefficient (Wildman–Crippen LogP) is 3.23. The van der Waals surface area contributed by atoms with Crippen molar-refractivity contribution in [3.05, 3.63) is 28.8 Å². The third kappa shape index (κ3) is 5.40. The first-order valence-corrected chi connectivity index (χ1v) is 8.34. The van der Waals surface area contributed by atoms with Gasteiger partial charge in [-0.2, -0.15) is 13.2 Å². The van der Waals surface area contributed by atoms with Crippen LogP contribution in [0.15, 0.2) is 18.2 Å². The Morgan fingerprint density at radius 1 is 1.28 bits per heavy atom. The number of anilines is 1. The lowest BCUT2D eigenvalue weighted by atomic mass is 10.1. The first kappa shape index (κ1) is 19.7. The molecule has 9 heteroatoms. The molecule has 1 fully saturated rings. The Morgan fingerprint density at radius 2 is 1.96 bits per heavy atom. The average molecular weight is 380 g/mol. The summed E-state index contributed by atoms with van der Waals surface area (Å²) in [5, 5.41) is 2.82. The van der Waals surface area contributed by atoms with Gasteiger partial charge in [0.15, 0.2) is 0 Å². The number of hydrogen-bond donors (Lipinski definition) is 1. The molecule has 2 rings (SSSR count). The molecule has 1 heterocycles. The molecule has 140 valence electrons. The predicted molar refractivity (Wildman–Crippen MR) is 90.1 cm³/mol. The summed E-state index contributed by atoms with van der Waals surface area (Å²) in [6, 6.07) is 3.56. The van der Waals surface area contributed by atoms with Crippen molar-refractivity contribution >= 4 is 23.3 Å². The van der Waals surface area contributed by atoms with E-state index in [0.717, 1.165) is 6.07 Å². The molecule has 1 N–H and O–H groups in total. The number of amides is 2. The summed E-state index contributed by atoms with van der Waals surface area (Å²) in [6.45, 7) is 2.44. The maximum Gasteiger partial charge on any atom is 0.418 e. The number of nitrogens with zero attached hydrogens (tertiary/aromatic N) is 2. The minimum Gasteiger partial charge on any atom is -0.385 e. The van der Waals surface area contributed by atoms with E-state index < -0.39 is 11.7 Å². The van der Waals surface area contributed by atoms with Crippen LogP contribution in [0.1, 0.15) is 12.0 Å². The average Bonchev–Trinajstić information content (AvgIpc) is 2.58. The normalized spacial score (nSPS) is 15.4. The van der Waals surface area contributed by atoms with Crippen LogP contribution in [0.4, 0.5) is 23.7 Å². The zero-order valence-electron chi connectivity index (χ0n) is 13.9. The largest absolute Gasteiger partial charge is 0.418 e. The topological polar surface area (TPSA) is 44.8 Å². The molecule has 2 amide bonds. The maximum absolute atomic E-state index is 13.2. The van der Waals surface area contributed by atoms with Gasteiger partial charge >= 0.3 is 12.2 Å². The molecular formula is C16H21ClF3N3O2. The van der Waals surface area contributed by atoms with Gasteiger partial charge < -0.3 is 19.9 Å². The summed E-state index contributed by atoms with van der Waals surface area (Å²) in [4.78, 5) is 15.3. The van der Waals surface area contributed by atoms with Crippen LogP contribution >= 0.6 is 11.6 Å². The van der Waals surface area contributed by atoms with E-state index in [4.69, 9.17) is 16.3 Å². The van der Waals surface area contributed by atoms with Gasteiger partial charge in [-0.25, -0.2) is 4.79 Å². The minimum atomic E-state index is -4.48. The number of nitrogens with one attached hydrogen (secondary N) is 1. The summed E-state index contributed by atoms with van der Waals surface area (Å²) in [6.07, 6.45) is -3.77. The van der Waals surface area contributed by atoms with Crippen molar-refractivity contribution < 1.29 is 22.7 Å². The van der Waals surface area contributed by atoms with Crippen LogP contribution in [0.25, 0.3) is 0 Å². The number of urea groups is 1. The molecular weight excluding hydrogens is 359 g/mol. The fourth-order valence-electron chi connectivity index (χ4n) is 2.69. The number of ether oxygens (including phenoxy) is 1. The van der Waals surface area contributed by atoms with Gasteiger partial charge in [-0.3, -0.25) is 0 Å². The molecule has 1 aromatic carbocycles. The molecule has 1 aliphatic rings. The highest BCUT2D eigenvalue weighted by molar-refractivity contribution is 6.30. The second-order valence-electron chi connectivity index (χ2n) is 5.71. The van der Waals surface area contributed by atoms with E-state index in [1.54, 1.807) is 16.9 Å². The van der Waals surface area contributed by atoms with Crippen molar-refractivity contribution in [1.29, 1.82) is 0 Å². The first-order chi connectivity index (χ1) is 11.8. The van der Waals surface area contributed by atoms with Gasteiger partial charge in [0.05, 0.1) is 5.56 Å². The molecule has 0 saturated carbocycles. The molecule has 0 aromatic heterocycles. The fraction of sp³-hybridized carbons (Fsp3) is 0.562. The molecule has 1 saturated heterocycles. The van der Waals surface area contributed by atoms with Gasteiger partial charge in [-0.05, 0) is 24.6 Å². The number of carbonyl (C=O) groups is 1. The Balaban J connectivity index is 1.95. The van der Waals surface area contributed by atoms with Gasteiger partial charge in [0.2, 0.25) is 0 Å². The number of methoxy groups -OCH3 is 1. The lowest BCUT2D eigenvalue weighted by molar-refractivity contribution is -0.137. The molecule has 1 aromatic rings. The third-order valence-electron chi connectivity index (χ3n) is 3.97. The van der Waals surface area contributed by atoms with E-state index in [2.05, 4.69) is 5.32 Å². The van der Waals surface area contributed by atoms with Crippen LogP contribution in [-0.2, 0) is 10.9 Å². The third-order valence-corrected chi connectivity index (χ3v) is 4.21. The first-order valence-electron chi connectivity index (χ1n) is 7.96. The Kier molecular flexibility index (Phi) is 6.78. The Hall–Kier alpha value is -1.67. The Morgan fingerprint density at radius 3 is 2.56 bits per heavy atom. The summed E-state index contributed by atoms with van der Waals surface area (Å²) < 4.78 is 44.6. The van der Waals surface area contributed by atoms with E-state index in [9.17, 15) is 18.0 Å². The zero-order chi connectivity index (χ0) is 18.4. The number of benzene rings is 1. The SMILES string of the molecule is COCCCNC(=O)N1CCN(c2ccc(Cl)cc2C(F)(F)F)CC1. The lowest BCUT2D eigenvalue weighted by Crippen LogP contribution is -2.52. The summed E-state index contributed by atoms with van der Waals surface area (Å²) in [5.41, 5.74) is -0.658. The van der Waals surface area contributed by atoms with Crippen molar-refractivity contribution in [3.8, 4) is 0 Å². The van der Waals surface area contributed by atoms with E-state index in [1.807, 2.05) is 0 Å². The zero-order valence-corrected chi connectivity index (χ0v) is 14.7. The molecule has 0 spiro atoms. The van der Waals surface area contributed by atoms with Crippen molar-refractivity contribution in [2.45, 2.75) is 12.6 Å². The number of piperazine rings is 1. The number of halogens is 4. The molecule has 0 unspecified atom stereocenters. The molecule has 5 nitrogen and oxygen atoms in total. The molecule has 0 bridgehead atoms. The van der Waals surface area contributed by atoms with E-state index in [0.29, 0.717) is 45.8 Å². The van der Waals surface area contributed by atoms with E-state index in [1.165, 1.54) is 12.1 Å². The minimum absolute atomic E-state index is 0.0464. The number of rotatable bonds is 5. The Bertz CT molecular complexity index is 590. The van der Waals surface area contributed by atoms with Gasteiger partial charge in [0.1, 0.15) is 0 Å². The van der Waals surface area contributed by atoms with E-state index in [-0.39, 0.29) is 16.7 Å². The molecule has 25 heavy (non-hydrogen) atoms. The van der Waals surface area contributed by atoms with Gasteiger partial charge in [0, 0.05) is 57.2 Å². The summed E-state index contributed by atoms with van der Waals surface area (Å²) in [5.74, 6) is 0. The fourth-order valence-corrected chi connectivity index (χ4v) is 2.86. The highest BCUT2D eigenvalue weighted by Gasteiger charge is 2.36. The summed E-state index contributed by atoms with van der Waals surface area (Å²) >= 11 is 5.71. The van der Waals surface area contributed by atoms with Crippen LogP contribution in [-0.4, -0.2) is 57.4 Å². The standard InChI is InChI=1S/C16H21ClF3N3O2/c1-25-10-2-5-21-15(24)23-8-6-22(7-9-23)14-4-3-12(17)11-13(14)16(18,19)20/h3-4,11H,2,5-10H2,1H3,(H,21,24). The van der Waals surface area contributed by atoms with Crippen LogP contribution in [0.5, 0.6) is 0 Å². The summed E-state index contributed by atoms with van der Waals surface area (Å²) in [7, 11) is 1.59. The van der Waals surface area contributed by atoms with E-state index >= 15 is 0 Å². The second-order valence-corrected chi connectivity index (χ2v) is 6.15. The van der Waals surface area contributed by atoms with Crippen LogP contribution in [0.2, 0.25) is 5.02 Å². The molecule has 0 radical (unpaired) electrons. The van der Waals surface area contributed by atoms with Gasteiger partial charge in [-0.1, -0.05) is 11.6 Å². The second kappa shape index (κ2) is 8.62. The van der Waals surface area contributed by atoms with Gasteiger partial charge in [0.25, 0.3) is 0 Å². The van der Waals surface area contributed by atoms with Crippen LogP contribution in [0, 0.1) is 0 Å². The quantitative estimate of drug-likeness (QED) is 0.799. The maximum atomic E-state index is 13.2. The van der Waals surface area contributed by atoms with Gasteiger partial charge in [-0.15, -0.1) is 0 Å². The van der Waals surface area contributed by atoms with Crippen molar-refractivity contribution in [2.24, 2.45) is 0 Å². The van der Waals surface area contributed by atoms with Crippen molar-refractivity contribution in [1.82, 2.24) is 10.2 Å². The number of carbonyl (C=O) groups excluding carboxylic acids is 1. The lowest BCUT2D eigenvalue weighted by Gasteiger charge is -2.37. The number of hydrogen-bond acceptors (Lipinski definition) is 3. The monoisotopic (exact) mass is 379 g/mol. The number of alkyl halides is 3. The highest BCUT2D eigenvalue weighted by atomic mass is 35.5.